The molecule has 0 saturated heterocycles. The minimum atomic E-state index is -0.908. The highest BCUT2D eigenvalue weighted by Crippen LogP contribution is 2.34. The maximum absolute atomic E-state index is 13.0. The summed E-state index contributed by atoms with van der Waals surface area (Å²) in [7, 11) is 1.63. The van der Waals surface area contributed by atoms with Crippen molar-refractivity contribution in [2.24, 2.45) is 0 Å². The first-order valence-electron chi connectivity index (χ1n) is 10.0. The van der Waals surface area contributed by atoms with Crippen LogP contribution in [-0.2, 0) is 11.3 Å². The smallest absolute Gasteiger partial charge is 0.293 e. The second-order valence-corrected chi connectivity index (χ2v) is 7.52. The molecule has 11 nitrogen and oxygen atoms in total. The number of hydrogen-bond donors (Lipinski definition) is 2. The second kappa shape index (κ2) is 7.76. The third-order valence-electron chi connectivity index (χ3n) is 5.20. The number of ether oxygens (including phenoxy) is 1. The van der Waals surface area contributed by atoms with E-state index in [0.717, 1.165) is 22.4 Å². The average Bonchev–Trinajstić information content (AvgIpc) is 3.38. The molecule has 11 heteroatoms. The lowest BCUT2D eigenvalue weighted by molar-refractivity contribution is -0.120. The number of likely N-dealkylation sites (N-methyl/N-ethyl adjacent to an activating group) is 1. The Balaban J connectivity index is 1.31. The number of carbonyl (C=O) groups excluding carboxylic acids is 2. The van der Waals surface area contributed by atoms with Gasteiger partial charge in [0.1, 0.15) is 24.2 Å². The number of carbonyl (C=O) groups is 2. The number of anilines is 1. The summed E-state index contributed by atoms with van der Waals surface area (Å²) in [6.07, 6.45) is 0. The maximum Gasteiger partial charge on any atom is 0.293 e. The van der Waals surface area contributed by atoms with Gasteiger partial charge < -0.3 is 19.9 Å². The molecule has 32 heavy (non-hydrogen) atoms. The van der Waals surface area contributed by atoms with E-state index in [0.29, 0.717) is 18.0 Å². The Morgan fingerprint density at radius 1 is 1.28 bits per heavy atom. The van der Waals surface area contributed by atoms with Gasteiger partial charge >= 0.3 is 0 Å². The zero-order valence-corrected chi connectivity index (χ0v) is 17.4. The van der Waals surface area contributed by atoms with Crippen molar-refractivity contribution in [3.63, 3.8) is 0 Å². The van der Waals surface area contributed by atoms with Crippen LogP contribution in [0.3, 0.4) is 0 Å². The van der Waals surface area contributed by atoms with E-state index >= 15 is 0 Å². The number of amides is 2. The number of nitrogens with zero attached hydrogens (tertiary/aromatic N) is 6. The van der Waals surface area contributed by atoms with Crippen molar-refractivity contribution in [2.75, 3.05) is 18.6 Å². The van der Waals surface area contributed by atoms with Crippen LogP contribution >= 0.6 is 0 Å². The van der Waals surface area contributed by atoms with Gasteiger partial charge in [0, 0.05) is 13.1 Å². The maximum atomic E-state index is 13.0. The molecular weight excluding hydrogens is 412 g/mol. The SMILES string of the molecule is Cc1nc2cc3c(cc2[nH]1)OC[C@H](NC(=O)c1nnn(Cc2ccccc2)n1)C(=O)N3C. The van der Waals surface area contributed by atoms with Crippen LogP contribution < -0.4 is 15.0 Å². The first-order valence-corrected chi connectivity index (χ1v) is 10.0. The van der Waals surface area contributed by atoms with Crippen LogP contribution in [-0.4, -0.2) is 61.7 Å². The van der Waals surface area contributed by atoms with Crippen molar-refractivity contribution >= 4 is 28.5 Å². The van der Waals surface area contributed by atoms with E-state index in [2.05, 4.69) is 30.7 Å². The fraction of sp³-hybridized carbons (Fsp3) is 0.238. The molecule has 162 valence electrons. The third kappa shape index (κ3) is 3.64. The van der Waals surface area contributed by atoms with Gasteiger partial charge in [-0.15, -0.1) is 10.2 Å². The molecule has 0 spiro atoms. The lowest BCUT2D eigenvalue weighted by atomic mass is 10.2. The van der Waals surface area contributed by atoms with Crippen LogP contribution in [0.25, 0.3) is 11.0 Å². The molecule has 2 aromatic carbocycles. The highest BCUT2D eigenvalue weighted by atomic mass is 16.5. The number of benzene rings is 2. The Hall–Kier alpha value is -4.28. The van der Waals surface area contributed by atoms with E-state index < -0.39 is 11.9 Å². The molecule has 2 N–H and O–H groups in total. The summed E-state index contributed by atoms with van der Waals surface area (Å²) in [6, 6.07) is 12.3. The molecule has 2 aromatic heterocycles. The molecule has 1 atom stereocenters. The summed E-state index contributed by atoms with van der Waals surface area (Å²) in [4.78, 5) is 36.0. The quantitative estimate of drug-likeness (QED) is 0.493. The van der Waals surface area contributed by atoms with E-state index in [9.17, 15) is 9.59 Å². The van der Waals surface area contributed by atoms with Crippen LogP contribution in [0.1, 0.15) is 22.0 Å². The number of aromatic amines is 1. The number of rotatable bonds is 4. The Bertz CT molecular complexity index is 1310. The number of H-pyrrole nitrogens is 1. The van der Waals surface area contributed by atoms with Crippen molar-refractivity contribution in [3.8, 4) is 5.75 Å². The molecule has 0 aliphatic carbocycles. The van der Waals surface area contributed by atoms with Crippen molar-refractivity contribution < 1.29 is 14.3 Å². The first kappa shape index (κ1) is 19.7. The molecule has 0 unspecified atom stereocenters. The summed E-state index contributed by atoms with van der Waals surface area (Å²) in [5, 5.41) is 14.5. The van der Waals surface area contributed by atoms with Crippen LogP contribution in [0.5, 0.6) is 5.75 Å². The number of aryl methyl sites for hydroxylation is 1. The van der Waals surface area contributed by atoms with Crippen molar-refractivity contribution in [1.29, 1.82) is 0 Å². The van der Waals surface area contributed by atoms with Crippen molar-refractivity contribution in [1.82, 2.24) is 35.5 Å². The van der Waals surface area contributed by atoms with Crippen molar-refractivity contribution in [3.05, 3.63) is 59.7 Å². The minimum Gasteiger partial charge on any atom is -0.489 e. The van der Waals surface area contributed by atoms with E-state index in [1.807, 2.05) is 37.3 Å². The van der Waals surface area contributed by atoms with E-state index in [1.54, 1.807) is 19.2 Å². The molecule has 0 fully saturated rings. The largest absolute Gasteiger partial charge is 0.489 e. The Labute approximate surface area is 182 Å². The molecule has 0 saturated carbocycles. The Morgan fingerprint density at radius 3 is 2.91 bits per heavy atom. The van der Waals surface area contributed by atoms with Crippen molar-refractivity contribution in [2.45, 2.75) is 19.5 Å². The van der Waals surface area contributed by atoms with Gasteiger partial charge in [-0.25, -0.2) is 4.98 Å². The van der Waals surface area contributed by atoms with Crippen LogP contribution in [0, 0.1) is 6.92 Å². The van der Waals surface area contributed by atoms with Crippen LogP contribution in [0.15, 0.2) is 42.5 Å². The van der Waals surface area contributed by atoms with Gasteiger partial charge in [-0.05, 0) is 23.8 Å². The zero-order valence-electron chi connectivity index (χ0n) is 17.4. The first-order chi connectivity index (χ1) is 15.5. The van der Waals surface area contributed by atoms with E-state index in [-0.39, 0.29) is 18.3 Å². The summed E-state index contributed by atoms with van der Waals surface area (Å²) in [6.45, 7) is 2.21. The highest BCUT2D eigenvalue weighted by molar-refractivity contribution is 6.03. The van der Waals surface area contributed by atoms with E-state index in [4.69, 9.17) is 4.74 Å². The fourth-order valence-electron chi connectivity index (χ4n) is 3.60. The van der Waals surface area contributed by atoms with Gasteiger partial charge in [-0.2, -0.15) is 4.80 Å². The highest BCUT2D eigenvalue weighted by Gasteiger charge is 2.32. The number of tetrazole rings is 1. The molecule has 0 radical (unpaired) electrons. The van der Waals surface area contributed by atoms with Gasteiger partial charge in [0.2, 0.25) is 0 Å². The molecule has 2 amide bonds. The standard InChI is InChI=1S/C21H20N8O3/c1-12-22-14-8-17-18(9-15(14)23-12)32-11-16(21(31)28(17)2)24-20(30)19-25-27-29(26-19)10-13-6-4-3-5-7-13/h3-9,16H,10-11H2,1-2H3,(H,22,23)(H,24,30)/t16-/m0/s1. The number of fused-ring (bicyclic) bond motifs is 2. The minimum absolute atomic E-state index is 0.0291. The monoisotopic (exact) mass is 432 g/mol. The number of nitrogens with one attached hydrogen (secondary N) is 2. The number of aromatic nitrogens is 6. The second-order valence-electron chi connectivity index (χ2n) is 7.52. The molecule has 3 heterocycles. The zero-order chi connectivity index (χ0) is 22.2. The van der Waals surface area contributed by atoms with Gasteiger partial charge in [0.25, 0.3) is 17.6 Å². The lowest BCUT2D eigenvalue weighted by Crippen LogP contribution is -2.49. The van der Waals surface area contributed by atoms with Crippen LogP contribution in [0.4, 0.5) is 5.69 Å². The summed E-state index contributed by atoms with van der Waals surface area (Å²) in [5.74, 6) is 0.259. The summed E-state index contributed by atoms with van der Waals surface area (Å²) in [5.41, 5.74) is 3.09. The normalized spacial score (nSPS) is 15.9. The summed E-state index contributed by atoms with van der Waals surface area (Å²) < 4.78 is 5.85. The number of imidazole rings is 1. The Morgan fingerprint density at radius 2 is 2.09 bits per heavy atom. The third-order valence-corrected chi connectivity index (χ3v) is 5.20. The summed E-state index contributed by atoms with van der Waals surface area (Å²) >= 11 is 0. The average molecular weight is 432 g/mol. The van der Waals surface area contributed by atoms with Gasteiger partial charge in [-0.3, -0.25) is 9.59 Å². The molecule has 1 aliphatic rings. The molecule has 5 rings (SSSR count). The van der Waals surface area contributed by atoms with Gasteiger partial charge in [-0.1, -0.05) is 30.3 Å². The molecular formula is C21H20N8O3. The number of hydrogen-bond acceptors (Lipinski definition) is 7. The molecule has 4 aromatic rings. The fourth-order valence-corrected chi connectivity index (χ4v) is 3.60. The lowest BCUT2D eigenvalue weighted by Gasteiger charge is -2.19. The predicted octanol–water partition coefficient (Wildman–Crippen LogP) is 1.06. The van der Waals surface area contributed by atoms with Gasteiger partial charge in [0.15, 0.2) is 0 Å². The predicted molar refractivity (Wildman–Crippen MR) is 114 cm³/mol. The van der Waals surface area contributed by atoms with E-state index in [1.165, 1.54) is 9.70 Å². The topological polar surface area (TPSA) is 131 Å². The molecule has 1 aliphatic heterocycles. The van der Waals surface area contributed by atoms with Gasteiger partial charge in [0.05, 0.1) is 23.3 Å². The van der Waals surface area contributed by atoms with Crippen LogP contribution in [0.2, 0.25) is 0 Å². The molecule has 0 bridgehead atoms. The Kier molecular flexibility index (Phi) is 4.77.